The van der Waals surface area contributed by atoms with Gasteiger partial charge < -0.3 is 15.5 Å². The summed E-state index contributed by atoms with van der Waals surface area (Å²) in [5.74, 6) is -0.0908. The molecule has 0 unspecified atom stereocenters. The summed E-state index contributed by atoms with van der Waals surface area (Å²) < 4.78 is 27.6. The molecule has 3 amide bonds. The van der Waals surface area contributed by atoms with Crippen LogP contribution in [0.3, 0.4) is 0 Å². The highest BCUT2D eigenvalue weighted by Gasteiger charge is 2.23. The van der Waals surface area contributed by atoms with Crippen LogP contribution in [-0.4, -0.2) is 39.6 Å². The standard InChI is InChI=1S/C24H30N4O4S/c1-17-10-11-21-22(14-17)28(16-25-23(21)29)13-12-18-6-5-9-20(15-18)33(31,32)27-24(30)26-19-7-3-2-4-8-19/h5-6,9-11,14-15,19H,2-4,7-8,12-13,16H2,1H3,(H,25,29)(H2,26,27,30). The van der Waals surface area contributed by atoms with E-state index in [4.69, 9.17) is 0 Å². The van der Waals surface area contributed by atoms with Crippen molar-refractivity contribution in [3.05, 3.63) is 59.2 Å². The predicted octanol–water partition coefficient (Wildman–Crippen LogP) is 3.07. The number of carbonyl (C=O) groups is 2. The summed E-state index contributed by atoms with van der Waals surface area (Å²) in [5, 5.41) is 5.65. The fourth-order valence-electron chi connectivity index (χ4n) is 4.42. The van der Waals surface area contributed by atoms with Crippen LogP contribution in [0.4, 0.5) is 10.5 Å². The molecule has 1 aliphatic heterocycles. The molecule has 0 saturated heterocycles. The van der Waals surface area contributed by atoms with Crippen molar-refractivity contribution in [2.24, 2.45) is 0 Å². The maximum atomic E-state index is 12.7. The van der Waals surface area contributed by atoms with Crippen LogP contribution in [0.15, 0.2) is 47.4 Å². The number of anilines is 1. The molecular weight excluding hydrogens is 440 g/mol. The molecule has 1 heterocycles. The Morgan fingerprint density at radius 3 is 2.70 bits per heavy atom. The van der Waals surface area contributed by atoms with E-state index in [0.717, 1.165) is 48.9 Å². The minimum atomic E-state index is -3.97. The van der Waals surface area contributed by atoms with Crippen LogP contribution in [-0.2, 0) is 16.4 Å². The van der Waals surface area contributed by atoms with Gasteiger partial charge in [0.15, 0.2) is 0 Å². The number of sulfonamides is 1. The molecule has 176 valence electrons. The Bertz CT molecular complexity index is 1140. The van der Waals surface area contributed by atoms with Crippen LogP contribution in [0.25, 0.3) is 0 Å². The number of nitrogens with zero attached hydrogens (tertiary/aromatic N) is 1. The lowest BCUT2D eigenvalue weighted by atomic mass is 9.96. The van der Waals surface area contributed by atoms with Crippen molar-refractivity contribution < 1.29 is 18.0 Å². The minimum absolute atomic E-state index is 0.0248. The minimum Gasteiger partial charge on any atom is -0.353 e. The molecule has 2 aliphatic rings. The first-order chi connectivity index (χ1) is 15.8. The maximum absolute atomic E-state index is 12.7. The highest BCUT2D eigenvalue weighted by atomic mass is 32.2. The van der Waals surface area contributed by atoms with Crippen LogP contribution >= 0.6 is 0 Å². The lowest BCUT2D eigenvalue weighted by Crippen LogP contribution is -2.45. The van der Waals surface area contributed by atoms with E-state index in [1.807, 2.05) is 31.2 Å². The Kier molecular flexibility index (Phi) is 6.88. The molecule has 1 fully saturated rings. The Morgan fingerprint density at radius 2 is 1.91 bits per heavy atom. The number of benzene rings is 2. The van der Waals surface area contributed by atoms with Gasteiger partial charge in [-0.1, -0.05) is 37.5 Å². The van der Waals surface area contributed by atoms with Crippen molar-refractivity contribution in [1.29, 1.82) is 0 Å². The van der Waals surface area contributed by atoms with Crippen LogP contribution in [0.1, 0.15) is 53.6 Å². The van der Waals surface area contributed by atoms with E-state index in [1.54, 1.807) is 12.1 Å². The number of amides is 3. The molecule has 1 saturated carbocycles. The molecule has 33 heavy (non-hydrogen) atoms. The van der Waals surface area contributed by atoms with Crippen molar-refractivity contribution in [3.8, 4) is 0 Å². The third-order valence-corrected chi connectivity index (χ3v) is 7.54. The van der Waals surface area contributed by atoms with Crippen LogP contribution < -0.4 is 20.3 Å². The van der Waals surface area contributed by atoms with Gasteiger partial charge in [-0.15, -0.1) is 0 Å². The molecule has 0 atom stereocenters. The van der Waals surface area contributed by atoms with Crippen LogP contribution in [0, 0.1) is 6.92 Å². The molecule has 0 radical (unpaired) electrons. The molecule has 0 spiro atoms. The normalized spacial score (nSPS) is 16.6. The molecule has 4 rings (SSSR count). The summed E-state index contributed by atoms with van der Waals surface area (Å²) in [6, 6.07) is 11.7. The van der Waals surface area contributed by atoms with Gasteiger partial charge in [-0.3, -0.25) is 4.79 Å². The smallest absolute Gasteiger partial charge is 0.328 e. The first-order valence-electron chi connectivity index (χ1n) is 11.4. The molecule has 0 bridgehead atoms. The molecule has 9 heteroatoms. The van der Waals surface area contributed by atoms with Crippen molar-refractivity contribution >= 4 is 27.6 Å². The Labute approximate surface area is 194 Å². The lowest BCUT2D eigenvalue weighted by Gasteiger charge is -2.31. The largest absolute Gasteiger partial charge is 0.353 e. The van der Waals surface area contributed by atoms with Gasteiger partial charge >= 0.3 is 6.03 Å². The monoisotopic (exact) mass is 470 g/mol. The first-order valence-corrected chi connectivity index (χ1v) is 12.9. The summed E-state index contributed by atoms with van der Waals surface area (Å²) in [6.45, 7) is 2.99. The zero-order valence-electron chi connectivity index (χ0n) is 18.8. The van der Waals surface area contributed by atoms with Crippen LogP contribution in [0.5, 0.6) is 0 Å². The molecule has 1 aliphatic carbocycles. The van der Waals surface area contributed by atoms with Gasteiger partial charge in [0, 0.05) is 12.6 Å². The number of aryl methyl sites for hydroxylation is 1. The van der Waals surface area contributed by atoms with E-state index in [9.17, 15) is 18.0 Å². The van der Waals surface area contributed by atoms with Crippen LogP contribution in [0.2, 0.25) is 0 Å². The highest BCUT2D eigenvalue weighted by Crippen LogP contribution is 2.25. The van der Waals surface area contributed by atoms with Gasteiger partial charge in [0.05, 0.1) is 22.8 Å². The maximum Gasteiger partial charge on any atom is 0.328 e. The zero-order valence-corrected chi connectivity index (χ0v) is 19.6. The molecular formula is C24H30N4O4S. The van der Waals surface area contributed by atoms with Gasteiger partial charge in [-0.25, -0.2) is 17.9 Å². The Balaban J connectivity index is 1.41. The van der Waals surface area contributed by atoms with Gasteiger partial charge in [-0.2, -0.15) is 0 Å². The van der Waals surface area contributed by atoms with E-state index in [2.05, 4.69) is 20.3 Å². The summed E-state index contributed by atoms with van der Waals surface area (Å²) in [6.07, 6.45) is 5.58. The third kappa shape index (κ3) is 5.65. The summed E-state index contributed by atoms with van der Waals surface area (Å²) >= 11 is 0. The second-order valence-corrected chi connectivity index (χ2v) is 10.4. The number of hydrogen-bond acceptors (Lipinski definition) is 5. The summed E-state index contributed by atoms with van der Waals surface area (Å²) in [5.41, 5.74) is 3.41. The van der Waals surface area contributed by atoms with E-state index in [1.165, 1.54) is 6.07 Å². The highest BCUT2D eigenvalue weighted by molar-refractivity contribution is 7.90. The molecule has 0 aromatic heterocycles. The molecule has 2 aromatic rings. The van der Waals surface area contributed by atoms with Gasteiger partial charge in [0.1, 0.15) is 0 Å². The number of carbonyl (C=O) groups excluding carboxylic acids is 2. The quantitative estimate of drug-likeness (QED) is 0.601. The second-order valence-electron chi connectivity index (χ2n) is 8.76. The van der Waals surface area contributed by atoms with Gasteiger partial charge in [0.25, 0.3) is 15.9 Å². The van der Waals surface area contributed by atoms with Gasteiger partial charge in [0.2, 0.25) is 0 Å². The van der Waals surface area contributed by atoms with Crippen molar-refractivity contribution in [2.45, 2.75) is 56.4 Å². The lowest BCUT2D eigenvalue weighted by molar-refractivity contribution is 0.0947. The Morgan fingerprint density at radius 1 is 1.12 bits per heavy atom. The number of nitrogens with one attached hydrogen (secondary N) is 3. The fourth-order valence-corrected chi connectivity index (χ4v) is 5.40. The first kappa shape index (κ1) is 23.1. The fraction of sp³-hybridized carbons (Fsp3) is 0.417. The average molecular weight is 471 g/mol. The van der Waals surface area contributed by atoms with E-state index >= 15 is 0 Å². The molecule has 2 aromatic carbocycles. The number of rotatable bonds is 6. The summed E-state index contributed by atoms with van der Waals surface area (Å²) in [7, 11) is -3.97. The summed E-state index contributed by atoms with van der Waals surface area (Å²) in [4.78, 5) is 26.5. The average Bonchev–Trinajstić information content (AvgIpc) is 2.79. The molecule has 3 N–H and O–H groups in total. The number of fused-ring (bicyclic) bond motifs is 1. The Hall–Kier alpha value is -3.07. The van der Waals surface area contributed by atoms with E-state index in [-0.39, 0.29) is 16.8 Å². The predicted molar refractivity (Wildman–Crippen MR) is 127 cm³/mol. The number of hydrogen-bond donors (Lipinski definition) is 3. The van der Waals surface area contributed by atoms with Gasteiger partial charge in [-0.05, 0) is 61.6 Å². The van der Waals surface area contributed by atoms with E-state index < -0.39 is 16.1 Å². The van der Waals surface area contributed by atoms with Crippen molar-refractivity contribution in [1.82, 2.24) is 15.4 Å². The topological polar surface area (TPSA) is 108 Å². The van der Waals surface area contributed by atoms with Crippen molar-refractivity contribution in [2.75, 3.05) is 18.1 Å². The molecule has 8 nitrogen and oxygen atoms in total. The second kappa shape index (κ2) is 9.82. The zero-order chi connectivity index (χ0) is 23.4. The number of urea groups is 1. The SMILES string of the molecule is Cc1ccc2c(c1)N(CCc1cccc(S(=O)(=O)NC(=O)NC3CCCCC3)c1)CNC2=O. The third-order valence-electron chi connectivity index (χ3n) is 6.22. The van der Waals surface area contributed by atoms with E-state index in [0.29, 0.717) is 25.2 Å². The van der Waals surface area contributed by atoms with Crippen molar-refractivity contribution in [3.63, 3.8) is 0 Å².